The molecule has 2 fully saturated rings. The van der Waals surface area contributed by atoms with Gasteiger partial charge >= 0.3 is 0 Å². The Morgan fingerprint density at radius 2 is 2.10 bits per heavy atom. The van der Waals surface area contributed by atoms with Crippen molar-refractivity contribution in [3.63, 3.8) is 0 Å². The molecule has 0 aromatic heterocycles. The second kappa shape index (κ2) is 4.61. The molecule has 3 aliphatic heterocycles. The van der Waals surface area contributed by atoms with Crippen LogP contribution < -0.4 is 9.64 Å². The lowest BCUT2D eigenvalue weighted by Crippen LogP contribution is -2.28. The Balaban J connectivity index is 1.78. The summed E-state index contributed by atoms with van der Waals surface area (Å²) in [5, 5.41) is 0. The van der Waals surface area contributed by atoms with Gasteiger partial charge in [-0.3, -0.25) is 0 Å². The van der Waals surface area contributed by atoms with Crippen LogP contribution in [0.3, 0.4) is 0 Å². The van der Waals surface area contributed by atoms with Crippen molar-refractivity contribution in [3.8, 4) is 5.75 Å². The number of ether oxygens (including phenoxy) is 1. The van der Waals surface area contributed by atoms with Crippen molar-refractivity contribution < 1.29 is 13.2 Å². The van der Waals surface area contributed by atoms with E-state index in [0.29, 0.717) is 29.8 Å². The fraction of sp³-hybridized carbons (Fsp3) is 0.600. The van der Waals surface area contributed by atoms with Crippen LogP contribution in [0.25, 0.3) is 0 Å². The van der Waals surface area contributed by atoms with Crippen LogP contribution in [0.1, 0.15) is 26.2 Å². The zero-order valence-corrected chi connectivity index (χ0v) is 13.0. The average Bonchev–Trinajstić information content (AvgIpc) is 3.05. The summed E-state index contributed by atoms with van der Waals surface area (Å²) in [4.78, 5) is 2.65. The van der Waals surface area contributed by atoms with E-state index in [-0.39, 0.29) is 6.10 Å². The van der Waals surface area contributed by atoms with E-state index in [1.54, 1.807) is 10.4 Å². The predicted octanol–water partition coefficient (Wildman–Crippen LogP) is 1.83. The summed E-state index contributed by atoms with van der Waals surface area (Å²) in [6, 6.07) is 6.05. The van der Waals surface area contributed by atoms with E-state index >= 15 is 0 Å². The monoisotopic (exact) mass is 308 g/mol. The normalized spacial score (nSPS) is 33.4. The molecule has 0 radical (unpaired) electrons. The number of nitrogens with zero attached hydrogens (tertiary/aromatic N) is 2. The predicted molar refractivity (Wildman–Crippen MR) is 80.3 cm³/mol. The molecule has 114 valence electrons. The van der Waals surface area contributed by atoms with Gasteiger partial charge in [-0.25, -0.2) is 8.42 Å². The van der Waals surface area contributed by atoms with Gasteiger partial charge < -0.3 is 9.64 Å². The molecule has 0 amide bonds. The second-order valence-electron chi connectivity index (χ2n) is 6.21. The number of sulfonamides is 1. The molecule has 4 rings (SSSR count). The molecule has 0 saturated carbocycles. The van der Waals surface area contributed by atoms with Crippen molar-refractivity contribution in [3.05, 3.63) is 18.2 Å². The standard InChI is InChI=1S/C15H20N2O3S/c1-11-3-2-7-17(11)12-4-5-15-14(9-12)20-13-6-8-16(10-13)21(15,18)19/h4-5,9,11,13H,2-3,6-8,10H2,1H3/t11-,13+/m0/s1. The third-order valence-electron chi connectivity index (χ3n) is 4.83. The zero-order valence-electron chi connectivity index (χ0n) is 12.2. The number of hydrogen-bond donors (Lipinski definition) is 0. The van der Waals surface area contributed by atoms with Crippen molar-refractivity contribution >= 4 is 15.7 Å². The Morgan fingerprint density at radius 3 is 2.86 bits per heavy atom. The van der Waals surface area contributed by atoms with E-state index in [1.165, 1.54) is 12.8 Å². The van der Waals surface area contributed by atoms with Crippen LogP contribution in [0.2, 0.25) is 0 Å². The number of fused-ring (bicyclic) bond motifs is 3. The first-order valence-corrected chi connectivity index (χ1v) is 9.07. The van der Waals surface area contributed by atoms with Crippen LogP contribution >= 0.6 is 0 Å². The van der Waals surface area contributed by atoms with Crippen molar-refractivity contribution in [2.75, 3.05) is 24.5 Å². The summed E-state index contributed by atoms with van der Waals surface area (Å²) in [5.74, 6) is 0.527. The van der Waals surface area contributed by atoms with E-state index in [4.69, 9.17) is 4.74 Å². The van der Waals surface area contributed by atoms with Gasteiger partial charge in [0.05, 0.1) is 6.54 Å². The minimum absolute atomic E-state index is 0.00715. The van der Waals surface area contributed by atoms with Gasteiger partial charge in [-0.05, 0) is 38.3 Å². The first-order chi connectivity index (χ1) is 10.1. The van der Waals surface area contributed by atoms with Gasteiger partial charge in [-0.15, -0.1) is 0 Å². The van der Waals surface area contributed by atoms with Crippen LogP contribution in [0.15, 0.2) is 23.1 Å². The maximum Gasteiger partial charge on any atom is 0.246 e. The Hall–Kier alpha value is -1.27. The summed E-state index contributed by atoms with van der Waals surface area (Å²) in [6.45, 7) is 4.29. The van der Waals surface area contributed by atoms with Gasteiger partial charge in [0.25, 0.3) is 0 Å². The largest absolute Gasteiger partial charge is 0.487 e. The highest BCUT2D eigenvalue weighted by Gasteiger charge is 2.39. The van der Waals surface area contributed by atoms with Gasteiger partial charge in [0.1, 0.15) is 16.7 Å². The lowest BCUT2D eigenvalue weighted by Gasteiger charge is -2.25. The maximum absolute atomic E-state index is 12.6. The molecular weight excluding hydrogens is 288 g/mol. The molecule has 3 heterocycles. The molecule has 0 spiro atoms. The Bertz CT molecular complexity index is 673. The third-order valence-corrected chi connectivity index (χ3v) is 6.74. The molecule has 5 nitrogen and oxygen atoms in total. The topological polar surface area (TPSA) is 49.9 Å². The molecule has 1 aromatic rings. The van der Waals surface area contributed by atoms with E-state index in [9.17, 15) is 8.42 Å². The second-order valence-corrected chi connectivity index (χ2v) is 8.11. The van der Waals surface area contributed by atoms with Gasteiger partial charge in [0.15, 0.2) is 0 Å². The van der Waals surface area contributed by atoms with Crippen LogP contribution in [0.5, 0.6) is 5.75 Å². The average molecular weight is 308 g/mol. The molecule has 6 heteroatoms. The molecule has 3 atom stereocenters. The van der Waals surface area contributed by atoms with Gasteiger partial charge in [0.2, 0.25) is 10.0 Å². The first-order valence-electron chi connectivity index (χ1n) is 7.63. The van der Waals surface area contributed by atoms with E-state index < -0.39 is 10.0 Å². The Labute approximate surface area is 125 Å². The number of benzene rings is 1. The highest BCUT2D eigenvalue weighted by atomic mass is 32.2. The highest BCUT2D eigenvalue weighted by molar-refractivity contribution is 7.89. The SMILES string of the molecule is C[C@H]1CCCN1c1ccc2c(c1)O[C@@H]1CCN(C1)S2(=O)=O. The maximum atomic E-state index is 12.6. The van der Waals surface area contributed by atoms with Crippen LogP contribution in [-0.4, -0.2) is 44.5 Å². The molecule has 0 N–H and O–H groups in total. The van der Waals surface area contributed by atoms with Crippen molar-refractivity contribution in [2.45, 2.75) is 43.2 Å². The smallest absolute Gasteiger partial charge is 0.246 e. The van der Waals surface area contributed by atoms with Crippen LogP contribution in [0, 0.1) is 0 Å². The molecule has 0 aliphatic carbocycles. The number of hydrogen-bond acceptors (Lipinski definition) is 4. The van der Waals surface area contributed by atoms with Gasteiger partial charge in [-0.2, -0.15) is 4.31 Å². The minimum Gasteiger partial charge on any atom is -0.487 e. The summed E-state index contributed by atoms with van der Waals surface area (Å²) in [6.07, 6.45) is 3.15. The first kappa shape index (κ1) is 13.4. The van der Waals surface area contributed by atoms with Gasteiger partial charge in [0, 0.05) is 30.9 Å². The van der Waals surface area contributed by atoms with Crippen LogP contribution in [0.4, 0.5) is 5.69 Å². The van der Waals surface area contributed by atoms with E-state index in [2.05, 4.69) is 11.8 Å². The van der Waals surface area contributed by atoms with Crippen molar-refractivity contribution in [1.82, 2.24) is 4.31 Å². The highest BCUT2D eigenvalue weighted by Crippen LogP contribution is 2.38. The quantitative estimate of drug-likeness (QED) is 0.794. The fourth-order valence-corrected chi connectivity index (χ4v) is 5.22. The van der Waals surface area contributed by atoms with E-state index in [1.807, 2.05) is 12.1 Å². The lowest BCUT2D eigenvalue weighted by atomic mass is 10.2. The summed E-state index contributed by atoms with van der Waals surface area (Å²) >= 11 is 0. The molecule has 3 aliphatic rings. The summed E-state index contributed by atoms with van der Waals surface area (Å²) in [7, 11) is -3.39. The number of rotatable bonds is 1. The van der Waals surface area contributed by atoms with Crippen LogP contribution in [-0.2, 0) is 10.0 Å². The van der Waals surface area contributed by atoms with E-state index in [0.717, 1.165) is 18.7 Å². The molecule has 2 bridgehead atoms. The molecule has 2 saturated heterocycles. The summed E-state index contributed by atoms with van der Waals surface area (Å²) in [5.41, 5.74) is 1.07. The molecule has 1 unspecified atom stereocenters. The van der Waals surface area contributed by atoms with Gasteiger partial charge in [-0.1, -0.05) is 0 Å². The molecule has 1 aromatic carbocycles. The Morgan fingerprint density at radius 1 is 1.24 bits per heavy atom. The molecular formula is C15H20N2O3S. The molecule has 21 heavy (non-hydrogen) atoms. The minimum atomic E-state index is -3.39. The Kier molecular flexibility index (Phi) is 2.94. The third kappa shape index (κ3) is 2.04. The summed E-state index contributed by atoms with van der Waals surface area (Å²) < 4.78 is 32.7. The van der Waals surface area contributed by atoms with Crippen molar-refractivity contribution in [1.29, 1.82) is 0 Å². The van der Waals surface area contributed by atoms with Crippen molar-refractivity contribution in [2.24, 2.45) is 0 Å². The number of anilines is 1. The fourth-order valence-electron chi connectivity index (χ4n) is 3.63. The zero-order chi connectivity index (χ0) is 14.6. The lowest BCUT2D eigenvalue weighted by molar-refractivity contribution is 0.215.